The van der Waals surface area contributed by atoms with Crippen LogP contribution in [0.3, 0.4) is 0 Å². The van der Waals surface area contributed by atoms with Gasteiger partial charge in [-0.25, -0.2) is 0 Å². The van der Waals surface area contributed by atoms with Crippen molar-refractivity contribution < 1.29 is 13.2 Å². The maximum atomic E-state index is 15.0. The van der Waals surface area contributed by atoms with Crippen LogP contribution in [0.25, 0.3) is 59.2 Å². The molecule has 6 rings (SSSR count). The Hall–Kier alpha value is -5.01. The summed E-state index contributed by atoms with van der Waals surface area (Å²) in [5.41, 5.74) is 0.333. The van der Waals surface area contributed by atoms with Gasteiger partial charge in [0.05, 0.1) is 16.0 Å². The Bertz CT molecular complexity index is 2040. The minimum Gasteiger partial charge on any atom is -0.181 e. The number of benzene rings is 4. The van der Waals surface area contributed by atoms with E-state index in [1.807, 2.05) is 30.3 Å². The van der Waals surface area contributed by atoms with Gasteiger partial charge in [-0.3, -0.25) is 0 Å². The maximum Gasteiger partial charge on any atom is 0.417 e. The summed E-state index contributed by atoms with van der Waals surface area (Å²) in [5.74, 6) is 0. The van der Waals surface area contributed by atoms with Crippen LogP contribution in [-0.4, -0.2) is 0 Å². The van der Waals surface area contributed by atoms with E-state index in [0.29, 0.717) is 38.1 Å². The van der Waals surface area contributed by atoms with Crippen molar-refractivity contribution in [3.8, 4) is 17.3 Å². The summed E-state index contributed by atoms with van der Waals surface area (Å²) in [4.78, 5) is 7.11. The summed E-state index contributed by atoms with van der Waals surface area (Å²) in [5, 5.41) is 15.9. The Balaban J connectivity index is 2.15. The number of hydrogen-bond donors (Lipinski definition) is 0. The summed E-state index contributed by atoms with van der Waals surface area (Å²) in [7, 11) is 0. The van der Waals surface area contributed by atoms with Crippen molar-refractivity contribution >= 4 is 43.1 Å². The van der Waals surface area contributed by atoms with Crippen LogP contribution in [0, 0.1) is 18.0 Å². The molecule has 0 aromatic heterocycles. The molecule has 4 nitrogen and oxygen atoms in total. The molecule has 0 heterocycles. The zero-order chi connectivity index (χ0) is 25.0. The van der Waals surface area contributed by atoms with E-state index in [4.69, 9.17) is 6.57 Å². The molecule has 0 saturated heterocycles. The Morgan fingerprint density at radius 3 is 1.83 bits per heavy atom. The van der Waals surface area contributed by atoms with E-state index in [1.165, 1.54) is 0 Å². The highest BCUT2D eigenvalue weighted by Crippen LogP contribution is 2.48. The Morgan fingerprint density at radius 1 is 0.694 bits per heavy atom. The third-order valence-electron chi connectivity index (χ3n) is 6.53. The van der Waals surface area contributed by atoms with Crippen molar-refractivity contribution in [2.75, 3.05) is 0 Å². The molecule has 0 saturated carbocycles. The maximum absolute atomic E-state index is 15.0. The molecular weight excluding hydrogens is 461 g/mol. The van der Waals surface area contributed by atoms with Gasteiger partial charge in [-0.2, -0.15) is 30.0 Å². The summed E-state index contributed by atoms with van der Waals surface area (Å²) in [6.07, 6.45) is -3.07. The van der Waals surface area contributed by atoms with E-state index in [-0.39, 0.29) is 26.9 Å². The molecule has 170 valence electrons. The SMILES string of the molecule is [C-]#[N+]/N=c1\c2ccccc2c2c(C(F)(F)F)c3/c(=N/C#N)c4ccccc4c3c(-c3ccccc3)c12. The van der Waals surface area contributed by atoms with Gasteiger partial charge < -0.3 is 0 Å². The predicted molar refractivity (Wildman–Crippen MR) is 133 cm³/mol. The largest absolute Gasteiger partial charge is 0.417 e. The lowest BCUT2D eigenvalue weighted by molar-refractivity contribution is -0.135. The molecule has 0 amide bonds. The van der Waals surface area contributed by atoms with Gasteiger partial charge in [0.1, 0.15) is 0 Å². The molecule has 0 aliphatic heterocycles. The average molecular weight is 474 g/mol. The minimum atomic E-state index is -4.78. The zero-order valence-corrected chi connectivity index (χ0v) is 18.4. The monoisotopic (exact) mass is 474 g/mol. The molecule has 0 atom stereocenters. The first-order chi connectivity index (χ1) is 17.5. The average Bonchev–Trinajstić information content (AvgIpc) is 3.37. The molecule has 0 spiro atoms. The van der Waals surface area contributed by atoms with Crippen LogP contribution in [0.4, 0.5) is 13.2 Å². The van der Waals surface area contributed by atoms with Crippen LogP contribution < -0.4 is 10.7 Å². The summed E-state index contributed by atoms with van der Waals surface area (Å²) < 4.78 is 45.1. The topological polar surface area (TPSA) is 52.9 Å². The zero-order valence-electron chi connectivity index (χ0n) is 18.4. The molecular formula is C29H13F3N4. The van der Waals surface area contributed by atoms with Crippen LogP contribution in [-0.2, 0) is 6.18 Å². The highest BCUT2D eigenvalue weighted by atomic mass is 19.4. The van der Waals surface area contributed by atoms with Gasteiger partial charge >= 0.3 is 6.18 Å². The smallest absolute Gasteiger partial charge is 0.181 e. The van der Waals surface area contributed by atoms with E-state index >= 15 is 13.2 Å². The fourth-order valence-corrected chi connectivity index (χ4v) is 5.34. The quantitative estimate of drug-likeness (QED) is 0.144. The van der Waals surface area contributed by atoms with Crippen molar-refractivity contribution in [2.45, 2.75) is 6.18 Å². The lowest BCUT2D eigenvalue weighted by Gasteiger charge is -2.15. The number of hydrogen-bond acceptors (Lipinski definition) is 3. The molecule has 0 aliphatic carbocycles. The fourth-order valence-electron chi connectivity index (χ4n) is 5.34. The second kappa shape index (κ2) is 7.76. The molecule has 0 N–H and O–H groups in total. The van der Waals surface area contributed by atoms with Crippen molar-refractivity contribution in [1.82, 2.24) is 0 Å². The minimum absolute atomic E-state index is 0.0107. The van der Waals surface area contributed by atoms with Crippen LogP contribution in [0.1, 0.15) is 5.56 Å². The van der Waals surface area contributed by atoms with Gasteiger partial charge in [0, 0.05) is 37.9 Å². The number of alkyl halides is 3. The fraction of sp³-hybridized carbons (Fsp3) is 0.0345. The van der Waals surface area contributed by atoms with Crippen LogP contribution in [0.15, 0.2) is 89.0 Å². The lowest BCUT2D eigenvalue weighted by Crippen LogP contribution is -2.12. The predicted octanol–water partition coefficient (Wildman–Crippen LogP) is 6.98. The van der Waals surface area contributed by atoms with E-state index < -0.39 is 11.7 Å². The van der Waals surface area contributed by atoms with Crippen LogP contribution in [0.5, 0.6) is 0 Å². The highest BCUT2D eigenvalue weighted by Gasteiger charge is 2.39. The molecule has 36 heavy (non-hydrogen) atoms. The second-order valence-electron chi connectivity index (χ2n) is 8.31. The summed E-state index contributed by atoms with van der Waals surface area (Å²) >= 11 is 0. The van der Waals surface area contributed by atoms with Crippen LogP contribution >= 0.6 is 0 Å². The van der Waals surface area contributed by atoms with Gasteiger partial charge in [0.15, 0.2) is 5.36 Å². The summed E-state index contributed by atoms with van der Waals surface area (Å²) in [6, 6.07) is 22.6. The summed E-state index contributed by atoms with van der Waals surface area (Å²) in [6.45, 7) is 7.42. The molecule has 0 unspecified atom stereocenters. The van der Waals surface area contributed by atoms with Gasteiger partial charge in [0.25, 0.3) is 0 Å². The lowest BCUT2D eigenvalue weighted by atomic mass is 9.90. The van der Waals surface area contributed by atoms with Gasteiger partial charge in [-0.05, 0) is 16.3 Å². The molecule has 6 aromatic carbocycles. The molecule has 0 bridgehead atoms. The highest BCUT2D eigenvalue weighted by molar-refractivity contribution is 6.30. The first-order valence-electron chi connectivity index (χ1n) is 11.0. The Labute approximate surface area is 202 Å². The number of rotatable bonds is 1. The molecule has 0 aliphatic rings. The Kier molecular flexibility index (Phi) is 4.64. The van der Waals surface area contributed by atoms with E-state index in [2.05, 4.69) is 15.0 Å². The first-order valence-corrected chi connectivity index (χ1v) is 11.0. The number of halogens is 3. The number of nitriles is 1. The van der Waals surface area contributed by atoms with E-state index in [9.17, 15) is 5.26 Å². The van der Waals surface area contributed by atoms with Gasteiger partial charge in [0.2, 0.25) is 6.19 Å². The van der Waals surface area contributed by atoms with Crippen molar-refractivity contribution in [3.63, 3.8) is 0 Å². The number of nitrogens with zero attached hydrogens (tertiary/aromatic N) is 4. The molecule has 7 heteroatoms. The normalized spacial score (nSPS) is 13.1. The molecule has 0 fully saturated rings. The first kappa shape index (κ1) is 21.5. The Morgan fingerprint density at radius 2 is 1.25 bits per heavy atom. The standard InChI is InChI=1S/C29H13F3N4/c1-34-36-28-20-14-8-6-12-18(20)23-24(28)21(16-9-3-2-4-10-16)22-17-11-5-7-13-19(17)27(35-15-33)25(22)26(23)29(30,31)32/h2-14H/b35-27+,36-28+. The van der Waals surface area contributed by atoms with Gasteiger partial charge in [-0.1, -0.05) is 78.9 Å². The van der Waals surface area contributed by atoms with Crippen molar-refractivity contribution in [2.24, 2.45) is 10.1 Å². The van der Waals surface area contributed by atoms with Crippen molar-refractivity contribution in [3.05, 3.63) is 107 Å². The van der Waals surface area contributed by atoms with Crippen molar-refractivity contribution in [1.29, 1.82) is 5.26 Å². The number of fused-ring (bicyclic) bond motifs is 6. The third kappa shape index (κ3) is 2.87. The molecule has 6 aromatic rings. The van der Waals surface area contributed by atoms with E-state index in [0.717, 1.165) is 0 Å². The van der Waals surface area contributed by atoms with Gasteiger partial charge in [-0.15, -0.1) is 4.95 Å². The molecule has 0 radical (unpaired) electrons. The second-order valence-corrected chi connectivity index (χ2v) is 8.31. The van der Waals surface area contributed by atoms with E-state index in [1.54, 1.807) is 54.7 Å². The van der Waals surface area contributed by atoms with Crippen LogP contribution in [0.2, 0.25) is 0 Å². The third-order valence-corrected chi connectivity index (χ3v) is 6.53.